The lowest BCUT2D eigenvalue weighted by Crippen LogP contribution is -2.27. The fraction of sp³-hybridized carbons (Fsp3) is 0.167. The first-order valence-corrected chi connectivity index (χ1v) is 8.31. The zero-order valence-electron chi connectivity index (χ0n) is 10.8. The van der Waals surface area contributed by atoms with Gasteiger partial charge in [0.25, 0.3) is 0 Å². The summed E-state index contributed by atoms with van der Waals surface area (Å²) in [6, 6.07) is 4.99. The van der Waals surface area contributed by atoms with Crippen LogP contribution >= 0.6 is 22.9 Å². The van der Waals surface area contributed by atoms with Gasteiger partial charge in [0.1, 0.15) is 16.4 Å². The molecule has 0 unspecified atom stereocenters. The molecule has 21 heavy (non-hydrogen) atoms. The van der Waals surface area contributed by atoms with Gasteiger partial charge >= 0.3 is 0 Å². The van der Waals surface area contributed by atoms with E-state index in [1.165, 1.54) is 18.4 Å². The second-order valence-electron chi connectivity index (χ2n) is 4.24. The van der Waals surface area contributed by atoms with Crippen LogP contribution in [0.5, 0.6) is 0 Å². The van der Waals surface area contributed by atoms with E-state index < -0.39 is 32.2 Å². The molecule has 0 bridgehead atoms. The second-order valence-corrected chi connectivity index (χ2v) is 8.05. The first-order chi connectivity index (χ1) is 9.73. The Morgan fingerprint density at radius 1 is 1.29 bits per heavy atom. The number of hydrogen-bond donors (Lipinski definition) is 1. The van der Waals surface area contributed by atoms with Crippen molar-refractivity contribution < 1.29 is 17.2 Å². The van der Waals surface area contributed by atoms with Gasteiger partial charge in [-0.2, -0.15) is 4.31 Å². The molecule has 0 spiro atoms. The van der Waals surface area contributed by atoms with Gasteiger partial charge in [0.05, 0.1) is 4.34 Å². The van der Waals surface area contributed by atoms with Crippen molar-refractivity contribution in [2.75, 3.05) is 12.8 Å². The Hall–Kier alpha value is -1.22. The smallest absolute Gasteiger partial charge is 0.246 e. The number of hydrogen-bond acceptors (Lipinski definition) is 4. The summed E-state index contributed by atoms with van der Waals surface area (Å²) in [5.74, 6) is -2.29. The molecule has 0 radical (unpaired) electrons. The minimum Gasteiger partial charge on any atom is -0.394 e. The second kappa shape index (κ2) is 5.88. The van der Waals surface area contributed by atoms with Gasteiger partial charge in [0.15, 0.2) is 5.82 Å². The largest absolute Gasteiger partial charge is 0.394 e. The standard InChI is InChI=1S/C12H11ClF2N2O2S2/c1-17(6-7-2-5-10(13)20-7)21(18,19)9-4-3-8(14)12(16)11(9)15/h2-5H,6,16H2,1H3. The molecule has 2 rings (SSSR count). The van der Waals surface area contributed by atoms with E-state index in [-0.39, 0.29) is 6.54 Å². The first kappa shape index (κ1) is 16.2. The van der Waals surface area contributed by atoms with Crippen LogP contribution in [-0.4, -0.2) is 19.8 Å². The number of anilines is 1. The highest BCUT2D eigenvalue weighted by atomic mass is 35.5. The Kier molecular flexibility index (Phi) is 4.52. The number of halogens is 3. The normalized spacial score (nSPS) is 12.0. The summed E-state index contributed by atoms with van der Waals surface area (Å²) in [5, 5.41) is 0. The molecule has 1 aromatic heterocycles. The summed E-state index contributed by atoms with van der Waals surface area (Å²) in [6.45, 7) is 0.0242. The lowest BCUT2D eigenvalue weighted by Gasteiger charge is -2.17. The number of nitrogens with two attached hydrogens (primary N) is 1. The Labute approximate surface area is 129 Å². The number of nitrogen functional groups attached to an aromatic ring is 1. The predicted molar refractivity (Wildman–Crippen MR) is 78.8 cm³/mol. The summed E-state index contributed by atoms with van der Waals surface area (Å²) >= 11 is 6.99. The van der Waals surface area contributed by atoms with Crippen molar-refractivity contribution in [2.45, 2.75) is 11.4 Å². The molecule has 1 heterocycles. The van der Waals surface area contributed by atoms with Crippen LogP contribution in [0.3, 0.4) is 0 Å². The molecule has 0 saturated carbocycles. The van der Waals surface area contributed by atoms with Crippen molar-refractivity contribution in [3.05, 3.63) is 45.1 Å². The third kappa shape index (κ3) is 3.18. The first-order valence-electron chi connectivity index (χ1n) is 5.67. The predicted octanol–water partition coefficient (Wildman–Crippen LogP) is 3.08. The average Bonchev–Trinajstić information content (AvgIpc) is 2.81. The number of nitrogens with zero attached hydrogens (tertiary/aromatic N) is 1. The van der Waals surface area contributed by atoms with Crippen LogP contribution in [0.15, 0.2) is 29.2 Å². The maximum Gasteiger partial charge on any atom is 0.246 e. The third-order valence-electron chi connectivity index (χ3n) is 2.79. The Balaban J connectivity index is 2.35. The molecule has 0 fully saturated rings. The molecular formula is C12H11ClF2N2O2S2. The van der Waals surface area contributed by atoms with E-state index in [4.69, 9.17) is 17.3 Å². The van der Waals surface area contributed by atoms with Gasteiger partial charge in [-0.3, -0.25) is 0 Å². The molecule has 4 nitrogen and oxygen atoms in total. The van der Waals surface area contributed by atoms with Crippen molar-refractivity contribution in [2.24, 2.45) is 0 Å². The summed E-state index contributed by atoms with van der Waals surface area (Å²) in [7, 11) is -2.83. The number of thiophene rings is 1. The minimum atomic E-state index is -4.12. The van der Waals surface area contributed by atoms with Gasteiger partial charge < -0.3 is 5.73 Å². The molecule has 2 N–H and O–H groups in total. The molecule has 9 heteroatoms. The average molecular weight is 353 g/mol. The Morgan fingerprint density at radius 2 is 1.95 bits per heavy atom. The topological polar surface area (TPSA) is 63.4 Å². The van der Waals surface area contributed by atoms with Gasteiger partial charge in [-0.1, -0.05) is 11.6 Å². The number of rotatable bonds is 4. The molecule has 0 aliphatic heterocycles. The summed E-state index contributed by atoms with van der Waals surface area (Å²) in [6.07, 6.45) is 0. The van der Waals surface area contributed by atoms with Crippen LogP contribution in [-0.2, 0) is 16.6 Å². The van der Waals surface area contributed by atoms with Crippen molar-refractivity contribution in [3.8, 4) is 0 Å². The Morgan fingerprint density at radius 3 is 2.52 bits per heavy atom. The maximum atomic E-state index is 13.9. The summed E-state index contributed by atoms with van der Waals surface area (Å²) < 4.78 is 53.1. The summed E-state index contributed by atoms with van der Waals surface area (Å²) in [4.78, 5) is 0.0353. The van der Waals surface area contributed by atoms with Crippen LogP contribution in [0.25, 0.3) is 0 Å². The maximum absolute atomic E-state index is 13.9. The molecule has 0 saturated heterocycles. The summed E-state index contributed by atoms with van der Waals surface area (Å²) in [5.41, 5.74) is 4.37. The van der Waals surface area contributed by atoms with E-state index in [2.05, 4.69) is 0 Å². The lowest BCUT2D eigenvalue weighted by atomic mass is 10.3. The van der Waals surface area contributed by atoms with Crippen molar-refractivity contribution >= 4 is 38.6 Å². The molecule has 1 aromatic carbocycles. The highest BCUT2D eigenvalue weighted by Crippen LogP contribution is 2.27. The van der Waals surface area contributed by atoms with Gasteiger partial charge in [-0.25, -0.2) is 17.2 Å². The Bertz CT molecular complexity index is 778. The third-order valence-corrected chi connectivity index (χ3v) is 5.82. The molecule has 0 atom stereocenters. The molecule has 114 valence electrons. The van der Waals surface area contributed by atoms with Crippen LogP contribution in [0, 0.1) is 11.6 Å². The fourth-order valence-corrected chi connectivity index (χ4v) is 4.10. The van der Waals surface area contributed by atoms with Gasteiger partial charge in [0.2, 0.25) is 10.0 Å². The van der Waals surface area contributed by atoms with Crippen LogP contribution < -0.4 is 5.73 Å². The molecule has 0 amide bonds. The van der Waals surface area contributed by atoms with Gasteiger partial charge in [-0.05, 0) is 24.3 Å². The van der Waals surface area contributed by atoms with Crippen LogP contribution in [0.2, 0.25) is 4.34 Å². The SMILES string of the molecule is CN(Cc1ccc(Cl)s1)S(=O)(=O)c1ccc(F)c(N)c1F. The molecular weight excluding hydrogens is 342 g/mol. The van der Waals surface area contributed by atoms with E-state index in [0.717, 1.165) is 16.4 Å². The monoisotopic (exact) mass is 352 g/mol. The highest BCUT2D eigenvalue weighted by Gasteiger charge is 2.27. The van der Waals surface area contributed by atoms with Gasteiger partial charge in [0, 0.05) is 18.5 Å². The van der Waals surface area contributed by atoms with Crippen LogP contribution in [0.1, 0.15) is 4.88 Å². The van der Waals surface area contributed by atoms with Crippen molar-refractivity contribution in [1.82, 2.24) is 4.31 Å². The quantitative estimate of drug-likeness (QED) is 0.860. The molecule has 2 aromatic rings. The zero-order chi connectivity index (χ0) is 15.8. The molecule has 0 aliphatic carbocycles. The lowest BCUT2D eigenvalue weighted by molar-refractivity contribution is 0.462. The van der Waals surface area contributed by atoms with E-state index in [9.17, 15) is 17.2 Å². The number of benzene rings is 1. The van der Waals surface area contributed by atoms with E-state index in [1.54, 1.807) is 12.1 Å². The van der Waals surface area contributed by atoms with E-state index in [0.29, 0.717) is 9.21 Å². The van der Waals surface area contributed by atoms with Crippen LogP contribution in [0.4, 0.5) is 14.5 Å². The zero-order valence-corrected chi connectivity index (χ0v) is 13.2. The van der Waals surface area contributed by atoms with Crippen molar-refractivity contribution in [1.29, 1.82) is 0 Å². The molecule has 0 aliphatic rings. The van der Waals surface area contributed by atoms with Gasteiger partial charge in [-0.15, -0.1) is 11.3 Å². The highest BCUT2D eigenvalue weighted by molar-refractivity contribution is 7.89. The van der Waals surface area contributed by atoms with Crippen molar-refractivity contribution in [3.63, 3.8) is 0 Å². The van der Waals surface area contributed by atoms with E-state index in [1.807, 2.05) is 0 Å². The number of sulfonamides is 1. The van der Waals surface area contributed by atoms with E-state index >= 15 is 0 Å². The minimum absolute atomic E-state index is 0.0242. The fourth-order valence-electron chi connectivity index (χ4n) is 1.66.